The molecule has 0 saturated carbocycles. The van der Waals surface area contributed by atoms with Crippen LogP contribution in [-0.4, -0.2) is 19.1 Å². The lowest BCUT2D eigenvalue weighted by molar-refractivity contribution is 0.519. The first-order valence-corrected chi connectivity index (χ1v) is 5.79. The molecule has 0 saturated heterocycles. The third kappa shape index (κ3) is 2.99. The van der Waals surface area contributed by atoms with Gasteiger partial charge in [0.15, 0.2) is 0 Å². The smallest absolute Gasteiger partial charge is 0.0396 e. The molecular weight excluding hydrogens is 196 g/mol. The van der Waals surface area contributed by atoms with Gasteiger partial charge >= 0.3 is 0 Å². The average molecular weight is 220 g/mol. The second kappa shape index (κ2) is 4.46. The van der Waals surface area contributed by atoms with Crippen molar-refractivity contribution >= 4 is 5.69 Å². The van der Waals surface area contributed by atoms with E-state index in [9.17, 15) is 0 Å². The van der Waals surface area contributed by atoms with E-state index in [-0.39, 0.29) is 5.54 Å². The lowest BCUT2D eigenvalue weighted by Crippen LogP contribution is -2.44. The van der Waals surface area contributed by atoms with E-state index in [1.807, 2.05) is 0 Å². The van der Waals surface area contributed by atoms with Crippen LogP contribution < -0.4 is 10.6 Å². The molecule has 0 atom stereocenters. The summed E-state index contributed by atoms with van der Waals surface area (Å²) in [6.45, 7) is 11.5. The first-order chi connectivity index (χ1) is 7.22. The molecule has 0 aromatic heterocycles. The van der Waals surface area contributed by atoms with Crippen LogP contribution in [0.4, 0.5) is 5.69 Å². The van der Waals surface area contributed by atoms with E-state index >= 15 is 0 Å². The maximum absolute atomic E-state index is 6.05. The molecule has 0 spiro atoms. The summed E-state index contributed by atoms with van der Waals surface area (Å²) in [5.74, 6) is 0. The Labute approximate surface area is 99.5 Å². The fourth-order valence-electron chi connectivity index (χ4n) is 2.05. The maximum Gasteiger partial charge on any atom is 0.0396 e. The molecule has 0 heterocycles. The Morgan fingerprint density at radius 2 is 1.69 bits per heavy atom. The van der Waals surface area contributed by atoms with E-state index in [1.54, 1.807) is 0 Å². The Kier molecular flexibility index (Phi) is 3.64. The first-order valence-electron chi connectivity index (χ1n) is 5.79. The number of nitrogens with zero attached hydrogens (tertiary/aromatic N) is 1. The zero-order valence-electron chi connectivity index (χ0n) is 11.4. The summed E-state index contributed by atoms with van der Waals surface area (Å²) in [5, 5.41) is 0. The van der Waals surface area contributed by atoms with Crippen LogP contribution in [0.5, 0.6) is 0 Å². The van der Waals surface area contributed by atoms with Crippen LogP contribution in [0.1, 0.15) is 30.5 Å². The molecule has 0 amide bonds. The molecule has 0 aliphatic rings. The van der Waals surface area contributed by atoms with Crippen LogP contribution in [0.15, 0.2) is 12.1 Å². The normalized spacial score (nSPS) is 11.7. The van der Waals surface area contributed by atoms with E-state index in [1.165, 1.54) is 22.4 Å². The summed E-state index contributed by atoms with van der Waals surface area (Å²) < 4.78 is 0. The molecule has 16 heavy (non-hydrogen) atoms. The van der Waals surface area contributed by atoms with E-state index in [0.717, 1.165) is 6.54 Å². The standard InChI is InChI=1S/C14H24N2/c1-10-7-8-13(12(3)11(10)2)16(6)9-14(4,5)15/h7-8H,9,15H2,1-6H3. The van der Waals surface area contributed by atoms with Crippen molar-refractivity contribution in [3.63, 3.8) is 0 Å². The number of anilines is 1. The van der Waals surface area contributed by atoms with Crippen LogP contribution in [0.2, 0.25) is 0 Å². The SMILES string of the molecule is Cc1ccc(N(C)CC(C)(C)N)c(C)c1C. The van der Waals surface area contributed by atoms with Gasteiger partial charge in [-0.05, 0) is 57.4 Å². The monoisotopic (exact) mass is 220 g/mol. The van der Waals surface area contributed by atoms with Gasteiger partial charge in [-0.3, -0.25) is 0 Å². The minimum absolute atomic E-state index is 0.167. The van der Waals surface area contributed by atoms with Gasteiger partial charge < -0.3 is 10.6 Å². The molecule has 90 valence electrons. The van der Waals surface area contributed by atoms with Gasteiger partial charge in [-0.25, -0.2) is 0 Å². The summed E-state index contributed by atoms with van der Waals surface area (Å²) in [6, 6.07) is 4.36. The predicted molar refractivity (Wildman–Crippen MR) is 72.2 cm³/mol. The van der Waals surface area contributed by atoms with Gasteiger partial charge in [0, 0.05) is 24.8 Å². The van der Waals surface area contributed by atoms with Gasteiger partial charge in [0.2, 0.25) is 0 Å². The van der Waals surface area contributed by atoms with Crippen LogP contribution in [0, 0.1) is 20.8 Å². The second-order valence-electron chi connectivity index (χ2n) is 5.50. The van der Waals surface area contributed by atoms with Crippen molar-refractivity contribution < 1.29 is 0 Å². The third-order valence-electron chi connectivity index (χ3n) is 3.09. The van der Waals surface area contributed by atoms with Gasteiger partial charge in [0.25, 0.3) is 0 Å². The van der Waals surface area contributed by atoms with Gasteiger partial charge in [0.05, 0.1) is 0 Å². The Morgan fingerprint density at radius 1 is 1.12 bits per heavy atom. The molecule has 0 bridgehead atoms. The number of likely N-dealkylation sites (N-methyl/N-ethyl adjacent to an activating group) is 1. The van der Waals surface area contributed by atoms with Crippen molar-refractivity contribution in [2.45, 2.75) is 40.2 Å². The van der Waals surface area contributed by atoms with E-state index in [2.05, 4.69) is 58.7 Å². The number of benzene rings is 1. The van der Waals surface area contributed by atoms with Crippen molar-refractivity contribution in [3.05, 3.63) is 28.8 Å². The van der Waals surface area contributed by atoms with Gasteiger partial charge in [0.1, 0.15) is 0 Å². The molecule has 0 aliphatic carbocycles. The fourth-order valence-corrected chi connectivity index (χ4v) is 2.05. The Balaban J connectivity index is 3.01. The van der Waals surface area contributed by atoms with Crippen LogP contribution in [-0.2, 0) is 0 Å². The predicted octanol–water partition coefficient (Wildman–Crippen LogP) is 2.79. The Morgan fingerprint density at radius 3 is 2.19 bits per heavy atom. The van der Waals surface area contributed by atoms with Crippen LogP contribution in [0.25, 0.3) is 0 Å². The fraction of sp³-hybridized carbons (Fsp3) is 0.571. The van der Waals surface area contributed by atoms with Gasteiger partial charge in [-0.15, -0.1) is 0 Å². The van der Waals surface area contributed by atoms with Gasteiger partial charge in [-0.2, -0.15) is 0 Å². The summed E-state index contributed by atoms with van der Waals surface area (Å²) in [4.78, 5) is 2.24. The molecule has 2 N–H and O–H groups in total. The van der Waals surface area contributed by atoms with Crippen molar-refractivity contribution in [3.8, 4) is 0 Å². The maximum atomic E-state index is 6.05. The molecule has 1 aromatic rings. The minimum atomic E-state index is -0.167. The number of hydrogen-bond acceptors (Lipinski definition) is 2. The molecule has 2 heteroatoms. The Bertz CT molecular complexity index is 375. The molecule has 0 unspecified atom stereocenters. The van der Waals surface area contributed by atoms with Crippen LogP contribution >= 0.6 is 0 Å². The molecule has 2 nitrogen and oxygen atoms in total. The highest BCUT2D eigenvalue weighted by Crippen LogP contribution is 2.25. The highest BCUT2D eigenvalue weighted by atomic mass is 15.1. The minimum Gasteiger partial charge on any atom is -0.373 e. The summed E-state index contributed by atoms with van der Waals surface area (Å²) in [6.07, 6.45) is 0. The first kappa shape index (κ1) is 13.0. The molecule has 1 rings (SSSR count). The van der Waals surface area contributed by atoms with Crippen molar-refractivity contribution in [1.29, 1.82) is 0 Å². The quantitative estimate of drug-likeness (QED) is 0.848. The molecule has 0 radical (unpaired) electrons. The highest BCUT2D eigenvalue weighted by Gasteiger charge is 2.16. The molecule has 0 aliphatic heterocycles. The van der Waals surface area contributed by atoms with Crippen molar-refractivity contribution in [2.24, 2.45) is 5.73 Å². The van der Waals surface area contributed by atoms with Gasteiger partial charge in [-0.1, -0.05) is 6.07 Å². The Hall–Kier alpha value is -1.02. The zero-order chi connectivity index (χ0) is 12.5. The average Bonchev–Trinajstić information content (AvgIpc) is 2.11. The van der Waals surface area contributed by atoms with Crippen LogP contribution in [0.3, 0.4) is 0 Å². The van der Waals surface area contributed by atoms with Crippen molar-refractivity contribution in [2.75, 3.05) is 18.5 Å². The summed E-state index contributed by atoms with van der Waals surface area (Å²) in [5.41, 5.74) is 11.2. The zero-order valence-corrected chi connectivity index (χ0v) is 11.4. The summed E-state index contributed by atoms with van der Waals surface area (Å²) in [7, 11) is 2.10. The topological polar surface area (TPSA) is 29.3 Å². The van der Waals surface area contributed by atoms with E-state index < -0.39 is 0 Å². The molecule has 1 aromatic carbocycles. The highest BCUT2D eigenvalue weighted by molar-refractivity contribution is 5.57. The van der Waals surface area contributed by atoms with Crippen molar-refractivity contribution in [1.82, 2.24) is 0 Å². The van der Waals surface area contributed by atoms with E-state index in [4.69, 9.17) is 5.73 Å². The number of hydrogen-bond donors (Lipinski definition) is 1. The number of aryl methyl sites for hydroxylation is 1. The largest absolute Gasteiger partial charge is 0.373 e. The summed E-state index contributed by atoms with van der Waals surface area (Å²) >= 11 is 0. The van der Waals surface area contributed by atoms with E-state index in [0.29, 0.717) is 0 Å². The lowest BCUT2D eigenvalue weighted by Gasteiger charge is -2.30. The number of nitrogens with two attached hydrogens (primary N) is 1. The third-order valence-corrected chi connectivity index (χ3v) is 3.09. The molecular formula is C14H24N2. The lowest BCUT2D eigenvalue weighted by atomic mass is 10.0. The second-order valence-corrected chi connectivity index (χ2v) is 5.50. The molecule has 0 fully saturated rings. The number of rotatable bonds is 3.